The summed E-state index contributed by atoms with van der Waals surface area (Å²) < 4.78 is 15.6. The van der Waals surface area contributed by atoms with Crippen molar-refractivity contribution >= 4 is 22.6 Å². The minimum absolute atomic E-state index is 0.107. The van der Waals surface area contributed by atoms with Crippen LogP contribution in [0.5, 0.6) is 5.75 Å². The van der Waals surface area contributed by atoms with Gasteiger partial charge in [-0.3, -0.25) is 4.79 Å². The summed E-state index contributed by atoms with van der Waals surface area (Å²) in [5, 5.41) is 0.769. The average molecular weight is 567 g/mol. The van der Waals surface area contributed by atoms with Gasteiger partial charge in [-0.15, -0.1) is 0 Å². The first kappa shape index (κ1) is 28.1. The van der Waals surface area contributed by atoms with Crippen molar-refractivity contribution in [3.63, 3.8) is 0 Å². The number of furan rings is 1. The van der Waals surface area contributed by atoms with Gasteiger partial charge in [-0.25, -0.2) is 4.98 Å². The molecule has 0 aliphatic rings. The van der Waals surface area contributed by atoms with Crippen molar-refractivity contribution in [3.8, 4) is 5.75 Å². The molecule has 0 saturated carbocycles. The number of anilines is 1. The Bertz CT molecular complexity index is 1490. The van der Waals surface area contributed by atoms with E-state index in [0.29, 0.717) is 39.0 Å². The van der Waals surface area contributed by atoms with Gasteiger partial charge in [0, 0.05) is 44.0 Å². The van der Waals surface area contributed by atoms with Crippen LogP contribution in [0.3, 0.4) is 0 Å². The van der Waals surface area contributed by atoms with Crippen molar-refractivity contribution in [2.45, 2.75) is 32.4 Å². The second-order valence-electron chi connectivity index (χ2n) is 9.81. The summed E-state index contributed by atoms with van der Waals surface area (Å²) >= 11 is 1.35. The molecule has 0 saturated heterocycles. The molecule has 8 heteroatoms. The lowest BCUT2D eigenvalue weighted by Crippen LogP contribution is -2.35. The van der Waals surface area contributed by atoms with Crippen LogP contribution in [0.1, 0.15) is 34.7 Å². The maximum absolute atomic E-state index is 13.6. The van der Waals surface area contributed by atoms with Crippen molar-refractivity contribution in [1.82, 2.24) is 14.3 Å². The van der Waals surface area contributed by atoms with Gasteiger partial charge >= 0.3 is 0 Å². The highest BCUT2D eigenvalue weighted by molar-refractivity contribution is 7.09. The Morgan fingerprint density at radius 2 is 1.61 bits per heavy atom. The lowest BCUT2D eigenvalue weighted by atomic mass is 10.1. The summed E-state index contributed by atoms with van der Waals surface area (Å²) in [6, 6.07) is 32.2. The van der Waals surface area contributed by atoms with Gasteiger partial charge in [0.25, 0.3) is 0 Å². The van der Waals surface area contributed by atoms with E-state index in [2.05, 4.69) is 33.5 Å². The number of benzene rings is 3. The summed E-state index contributed by atoms with van der Waals surface area (Å²) in [5.74, 6) is 2.47. The molecule has 0 aliphatic carbocycles. The van der Waals surface area contributed by atoms with Gasteiger partial charge in [0.15, 0.2) is 0 Å². The Hall–Kier alpha value is -4.43. The maximum Gasteiger partial charge on any atom is 0.224 e. The minimum Gasteiger partial charge on any atom is -0.497 e. The first-order valence-electron chi connectivity index (χ1n) is 13.7. The van der Waals surface area contributed by atoms with Gasteiger partial charge in [0.1, 0.15) is 17.3 Å². The summed E-state index contributed by atoms with van der Waals surface area (Å²) in [6.07, 6.45) is 3.43. The number of hydrogen-bond acceptors (Lipinski definition) is 7. The Kier molecular flexibility index (Phi) is 9.79. The predicted molar refractivity (Wildman–Crippen MR) is 162 cm³/mol. The van der Waals surface area contributed by atoms with Crippen LogP contribution < -0.4 is 9.64 Å². The van der Waals surface area contributed by atoms with E-state index in [-0.39, 0.29) is 5.91 Å². The molecule has 0 unspecified atom stereocenters. The molecule has 5 aromatic rings. The maximum atomic E-state index is 13.6. The molecule has 41 heavy (non-hydrogen) atoms. The van der Waals surface area contributed by atoms with Crippen LogP contribution in [-0.2, 0) is 30.7 Å². The van der Waals surface area contributed by atoms with E-state index in [1.807, 2.05) is 77.7 Å². The van der Waals surface area contributed by atoms with E-state index in [9.17, 15) is 4.79 Å². The molecular weight excluding hydrogens is 532 g/mol. The zero-order chi connectivity index (χ0) is 28.3. The van der Waals surface area contributed by atoms with Crippen molar-refractivity contribution < 1.29 is 13.9 Å². The van der Waals surface area contributed by atoms with Crippen molar-refractivity contribution in [1.29, 1.82) is 0 Å². The molecule has 2 heterocycles. The fraction of sp³-hybridized carbons (Fsp3) is 0.242. The molecule has 0 spiro atoms. The van der Waals surface area contributed by atoms with E-state index in [1.54, 1.807) is 13.4 Å². The Morgan fingerprint density at radius 1 is 0.854 bits per heavy atom. The third-order valence-electron chi connectivity index (χ3n) is 6.83. The van der Waals surface area contributed by atoms with Crippen molar-refractivity contribution in [2.75, 3.05) is 25.1 Å². The smallest absolute Gasteiger partial charge is 0.224 e. The molecule has 0 atom stereocenters. The predicted octanol–water partition coefficient (Wildman–Crippen LogP) is 6.40. The van der Waals surface area contributed by atoms with Gasteiger partial charge in [-0.1, -0.05) is 72.8 Å². The number of hydrogen-bond donors (Lipinski definition) is 0. The number of ether oxygens (including phenoxy) is 1. The number of amides is 1. The van der Waals surface area contributed by atoms with Gasteiger partial charge in [-0.2, -0.15) is 4.37 Å². The van der Waals surface area contributed by atoms with Gasteiger partial charge < -0.3 is 19.0 Å². The van der Waals surface area contributed by atoms with Gasteiger partial charge in [-0.05, 0) is 47.4 Å². The van der Waals surface area contributed by atoms with Crippen LogP contribution in [0, 0.1) is 0 Å². The SMILES string of the molecule is COc1cccc(Cc2nsc(N(CCC(=O)N(CCc3ccccc3)Cc3ccccc3)Cc3ccco3)n2)c1. The number of carbonyl (C=O) groups is 1. The summed E-state index contributed by atoms with van der Waals surface area (Å²) in [6.45, 7) is 2.24. The van der Waals surface area contributed by atoms with E-state index in [4.69, 9.17) is 14.1 Å². The standard InChI is InChI=1S/C33H34N4O3S/c1-39-29-15-8-14-28(22-29)23-31-34-33(41-35-31)37(25-30-16-9-21-40-30)20-18-32(38)36(24-27-12-6-3-7-13-27)19-17-26-10-4-2-5-11-26/h2-16,21-22H,17-20,23-25H2,1H3. The topological polar surface area (TPSA) is 71.7 Å². The first-order valence-corrected chi connectivity index (χ1v) is 14.5. The second-order valence-corrected chi connectivity index (χ2v) is 10.5. The quantitative estimate of drug-likeness (QED) is 0.155. The zero-order valence-corrected chi connectivity index (χ0v) is 24.0. The molecule has 0 N–H and O–H groups in total. The first-order chi connectivity index (χ1) is 20.2. The van der Waals surface area contributed by atoms with Crippen LogP contribution in [0.15, 0.2) is 108 Å². The molecule has 0 fully saturated rings. The Morgan fingerprint density at radius 3 is 2.34 bits per heavy atom. The van der Waals surface area contributed by atoms with Crippen molar-refractivity contribution in [2.24, 2.45) is 0 Å². The van der Waals surface area contributed by atoms with Crippen molar-refractivity contribution in [3.05, 3.63) is 132 Å². The number of aromatic nitrogens is 2. The molecule has 0 bridgehead atoms. The number of rotatable bonds is 14. The molecule has 0 radical (unpaired) electrons. The molecule has 1 amide bonds. The van der Waals surface area contributed by atoms with E-state index < -0.39 is 0 Å². The third-order valence-corrected chi connectivity index (χ3v) is 7.64. The van der Waals surface area contributed by atoms with Gasteiger partial charge in [0.2, 0.25) is 11.0 Å². The largest absolute Gasteiger partial charge is 0.497 e. The van der Waals surface area contributed by atoms with Crippen LogP contribution in [0.2, 0.25) is 0 Å². The highest BCUT2D eigenvalue weighted by Crippen LogP contribution is 2.23. The average Bonchev–Trinajstić information content (AvgIpc) is 3.71. The van der Waals surface area contributed by atoms with Crippen LogP contribution in [0.4, 0.5) is 5.13 Å². The Labute approximate surface area is 245 Å². The molecule has 3 aromatic carbocycles. The monoisotopic (exact) mass is 566 g/mol. The second kappa shape index (κ2) is 14.3. The fourth-order valence-corrected chi connectivity index (χ4v) is 5.35. The van der Waals surface area contributed by atoms with E-state index in [0.717, 1.165) is 40.0 Å². The number of nitrogens with zero attached hydrogens (tertiary/aromatic N) is 4. The van der Waals surface area contributed by atoms with Gasteiger partial charge in [0.05, 0.1) is 19.9 Å². The Balaban J connectivity index is 1.28. The molecule has 2 aromatic heterocycles. The molecular formula is C33H34N4O3S. The third kappa shape index (κ3) is 8.28. The fourth-order valence-electron chi connectivity index (χ4n) is 4.64. The molecule has 7 nitrogen and oxygen atoms in total. The highest BCUT2D eigenvalue weighted by Gasteiger charge is 2.20. The normalized spacial score (nSPS) is 10.9. The molecule has 0 aliphatic heterocycles. The van der Waals surface area contributed by atoms with Crippen LogP contribution in [-0.4, -0.2) is 40.4 Å². The van der Waals surface area contributed by atoms with E-state index >= 15 is 0 Å². The summed E-state index contributed by atoms with van der Waals surface area (Å²) in [4.78, 5) is 22.5. The number of carbonyl (C=O) groups excluding carboxylic acids is 1. The minimum atomic E-state index is 0.107. The number of methoxy groups -OCH3 is 1. The zero-order valence-electron chi connectivity index (χ0n) is 23.2. The summed E-state index contributed by atoms with van der Waals surface area (Å²) in [7, 11) is 1.66. The molecule has 210 valence electrons. The lowest BCUT2D eigenvalue weighted by molar-refractivity contribution is -0.131. The molecule has 5 rings (SSSR count). The highest BCUT2D eigenvalue weighted by atomic mass is 32.1. The summed E-state index contributed by atoms with van der Waals surface area (Å²) in [5.41, 5.74) is 3.42. The lowest BCUT2D eigenvalue weighted by Gasteiger charge is -2.25. The van der Waals surface area contributed by atoms with E-state index in [1.165, 1.54) is 17.1 Å². The van der Waals surface area contributed by atoms with Crippen LogP contribution >= 0.6 is 11.5 Å². The van der Waals surface area contributed by atoms with Crippen LogP contribution in [0.25, 0.3) is 0 Å².